The number of carbonyl (C=O) groups is 1. The summed E-state index contributed by atoms with van der Waals surface area (Å²) in [6, 6.07) is 9.18. The minimum Gasteiger partial charge on any atom is -0.320 e. The lowest BCUT2D eigenvalue weighted by atomic mass is 10.2. The number of nitrogens with one attached hydrogen (secondary N) is 1. The fraction of sp³-hybridized carbons (Fsp3) is 0.0833. The first kappa shape index (κ1) is 10.3. The Hall–Kier alpha value is -2.23. The summed E-state index contributed by atoms with van der Waals surface area (Å²) >= 11 is 0. The number of aromatic nitrogens is 2. The lowest BCUT2D eigenvalue weighted by molar-refractivity contribution is 0.102. The van der Waals surface area contributed by atoms with E-state index in [-0.39, 0.29) is 5.91 Å². The molecule has 2 rings (SSSR count). The van der Waals surface area contributed by atoms with Crippen LogP contribution in [0.4, 0.5) is 5.69 Å². The number of hydrogen-bond donors (Lipinski definition) is 1. The Labute approximate surface area is 93.4 Å². The highest BCUT2D eigenvalue weighted by atomic mass is 16.1. The largest absolute Gasteiger partial charge is 0.320 e. The SMILES string of the molecule is Cc1ccccc1NC(=O)c1ccncn1. The number of aryl methyl sites for hydroxylation is 1. The van der Waals surface area contributed by atoms with E-state index in [1.165, 1.54) is 6.33 Å². The topological polar surface area (TPSA) is 54.9 Å². The Balaban J connectivity index is 2.18. The second kappa shape index (κ2) is 4.53. The van der Waals surface area contributed by atoms with E-state index in [1.807, 2.05) is 31.2 Å². The molecule has 0 aliphatic heterocycles. The zero-order chi connectivity index (χ0) is 11.4. The van der Waals surface area contributed by atoms with Gasteiger partial charge in [0.1, 0.15) is 12.0 Å². The summed E-state index contributed by atoms with van der Waals surface area (Å²) < 4.78 is 0. The zero-order valence-electron chi connectivity index (χ0n) is 8.84. The van der Waals surface area contributed by atoms with Gasteiger partial charge in [-0.15, -0.1) is 0 Å². The molecule has 0 radical (unpaired) electrons. The quantitative estimate of drug-likeness (QED) is 0.830. The molecule has 0 unspecified atom stereocenters. The highest BCUT2D eigenvalue weighted by Gasteiger charge is 2.07. The molecule has 0 aliphatic carbocycles. The fourth-order valence-electron chi connectivity index (χ4n) is 1.32. The predicted octanol–water partition coefficient (Wildman–Crippen LogP) is 2.04. The minimum absolute atomic E-state index is 0.225. The van der Waals surface area contributed by atoms with Crippen LogP contribution in [-0.4, -0.2) is 15.9 Å². The molecule has 1 aromatic heterocycles. The van der Waals surface area contributed by atoms with Gasteiger partial charge in [0.15, 0.2) is 0 Å². The van der Waals surface area contributed by atoms with Crippen LogP contribution in [0.1, 0.15) is 16.1 Å². The second-order valence-electron chi connectivity index (χ2n) is 3.36. The van der Waals surface area contributed by atoms with Crippen molar-refractivity contribution in [3.05, 3.63) is 54.1 Å². The molecule has 4 nitrogen and oxygen atoms in total. The van der Waals surface area contributed by atoms with Gasteiger partial charge in [-0.05, 0) is 24.6 Å². The predicted molar refractivity (Wildman–Crippen MR) is 61.2 cm³/mol. The van der Waals surface area contributed by atoms with Crippen molar-refractivity contribution in [2.24, 2.45) is 0 Å². The van der Waals surface area contributed by atoms with Gasteiger partial charge in [0.25, 0.3) is 5.91 Å². The molecule has 0 saturated carbocycles. The van der Waals surface area contributed by atoms with Crippen molar-refractivity contribution in [2.75, 3.05) is 5.32 Å². The Morgan fingerprint density at radius 3 is 2.75 bits per heavy atom. The summed E-state index contributed by atoms with van der Waals surface area (Å²) in [5.41, 5.74) is 2.18. The summed E-state index contributed by atoms with van der Waals surface area (Å²) in [4.78, 5) is 19.4. The monoisotopic (exact) mass is 213 g/mol. The molecule has 16 heavy (non-hydrogen) atoms. The highest BCUT2D eigenvalue weighted by molar-refractivity contribution is 6.03. The summed E-state index contributed by atoms with van der Waals surface area (Å²) in [5, 5.41) is 2.80. The van der Waals surface area contributed by atoms with E-state index in [1.54, 1.807) is 12.3 Å². The molecule has 0 bridgehead atoms. The molecule has 80 valence electrons. The molecule has 0 spiro atoms. The maximum Gasteiger partial charge on any atom is 0.274 e. The van der Waals surface area contributed by atoms with Crippen molar-refractivity contribution >= 4 is 11.6 Å². The first-order valence-electron chi connectivity index (χ1n) is 4.90. The molecule has 1 heterocycles. The van der Waals surface area contributed by atoms with Gasteiger partial charge >= 0.3 is 0 Å². The summed E-state index contributed by atoms with van der Waals surface area (Å²) in [6.45, 7) is 1.94. The van der Waals surface area contributed by atoms with E-state index >= 15 is 0 Å². The van der Waals surface area contributed by atoms with Gasteiger partial charge in [0, 0.05) is 11.9 Å². The van der Waals surface area contributed by atoms with Crippen LogP contribution in [0.5, 0.6) is 0 Å². The van der Waals surface area contributed by atoms with Gasteiger partial charge in [0.2, 0.25) is 0 Å². The smallest absolute Gasteiger partial charge is 0.274 e. The van der Waals surface area contributed by atoms with Crippen LogP contribution in [0.15, 0.2) is 42.9 Å². The number of nitrogens with zero attached hydrogens (tertiary/aromatic N) is 2. The van der Waals surface area contributed by atoms with E-state index in [9.17, 15) is 4.79 Å². The third-order valence-electron chi connectivity index (χ3n) is 2.21. The Morgan fingerprint density at radius 1 is 1.25 bits per heavy atom. The summed E-state index contributed by atoms with van der Waals surface area (Å²) in [5.74, 6) is -0.225. The van der Waals surface area contributed by atoms with E-state index in [0.29, 0.717) is 5.69 Å². The highest BCUT2D eigenvalue weighted by Crippen LogP contribution is 2.13. The molecule has 2 aromatic rings. The maximum atomic E-state index is 11.8. The fourth-order valence-corrected chi connectivity index (χ4v) is 1.32. The van der Waals surface area contributed by atoms with Gasteiger partial charge in [-0.1, -0.05) is 18.2 Å². The lowest BCUT2D eigenvalue weighted by Gasteiger charge is -2.06. The number of para-hydroxylation sites is 1. The summed E-state index contributed by atoms with van der Waals surface area (Å²) in [6.07, 6.45) is 2.90. The molecule has 1 aromatic carbocycles. The van der Waals surface area contributed by atoms with Crippen molar-refractivity contribution in [2.45, 2.75) is 6.92 Å². The van der Waals surface area contributed by atoms with Gasteiger partial charge < -0.3 is 5.32 Å². The minimum atomic E-state index is -0.225. The third-order valence-corrected chi connectivity index (χ3v) is 2.21. The first-order valence-corrected chi connectivity index (χ1v) is 4.90. The van der Waals surface area contributed by atoms with Crippen LogP contribution < -0.4 is 5.32 Å². The van der Waals surface area contributed by atoms with E-state index in [4.69, 9.17) is 0 Å². The molecule has 1 amide bonds. The van der Waals surface area contributed by atoms with Crippen molar-refractivity contribution in [3.63, 3.8) is 0 Å². The molecular formula is C12H11N3O. The van der Waals surface area contributed by atoms with Crippen molar-refractivity contribution in [1.29, 1.82) is 0 Å². The van der Waals surface area contributed by atoms with Gasteiger partial charge in [-0.3, -0.25) is 4.79 Å². The molecule has 1 N–H and O–H groups in total. The average molecular weight is 213 g/mol. The Bertz CT molecular complexity index is 497. The lowest BCUT2D eigenvalue weighted by Crippen LogP contribution is -2.14. The Kier molecular flexibility index (Phi) is 2.91. The van der Waals surface area contributed by atoms with Crippen molar-refractivity contribution in [3.8, 4) is 0 Å². The number of hydrogen-bond acceptors (Lipinski definition) is 3. The van der Waals surface area contributed by atoms with Gasteiger partial charge in [-0.25, -0.2) is 9.97 Å². The van der Waals surface area contributed by atoms with Crippen LogP contribution in [0.3, 0.4) is 0 Å². The average Bonchev–Trinajstić information content (AvgIpc) is 2.33. The second-order valence-corrected chi connectivity index (χ2v) is 3.36. The Morgan fingerprint density at radius 2 is 2.06 bits per heavy atom. The van der Waals surface area contributed by atoms with Gasteiger partial charge in [0.05, 0.1) is 0 Å². The van der Waals surface area contributed by atoms with E-state index < -0.39 is 0 Å². The molecule has 0 aliphatic rings. The normalized spacial score (nSPS) is 9.81. The van der Waals surface area contributed by atoms with Crippen LogP contribution in [0.25, 0.3) is 0 Å². The number of rotatable bonds is 2. The van der Waals surface area contributed by atoms with Crippen molar-refractivity contribution in [1.82, 2.24) is 9.97 Å². The molecule has 0 saturated heterocycles. The summed E-state index contributed by atoms with van der Waals surface area (Å²) in [7, 11) is 0. The number of carbonyl (C=O) groups excluding carboxylic acids is 1. The molecule has 0 fully saturated rings. The van der Waals surface area contributed by atoms with Crippen molar-refractivity contribution < 1.29 is 4.79 Å². The molecule has 4 heteroatoms. The number of benzene rings is 1. The van der Waals surface area contributed by atoms with Crippen LogP contribution >= 0.6 is 0 Å². The maximum absolute atomic E-state index is 11.8. The van der Waals surface area contributed by atoms with Crippen LogP contribution in [-0.2, 0) is 0 Å². The van der Waals surface area contributed by atoms with Crippen LogP contribution in [0.2, 0.25) is 0 Å². The van der Waals surface area contributed by atoms with Crippen LogP contribution in [0, 0.1) is 6.92 Å². The molecule has 0 atom stereocenters. The third kappa shape index (κ3) is 2.23. The number of anilines is 1. The first-order chi connectivity index (χ1) is 7.77. The van der Waals surface area contributed by atoms with Gasteiger partial charge in [-0.2, -0.15) is 0 Å². The van der Waals surface area contributed by atoms with E-state index in [0.717, 1.165) is 11.3 Å². The van der Waals surface area contributed by atoms with E-state index in [2.05, 4.69) is 15.3 Å². The molecular weight excluding hydrogens is 202 g/mol. The number of amides is 1. The zero-order valence-corrected chi connectivity index (χ0v) is 8.84. The standard InChI is InChI=1S/C12H11N3O/c1-9-4-2-3-5-10(9)15-12(16)11-6-7-13-8-14-11/h2-8H,1H3,(H,15,16).